The number of para-hydroxylation sites is 2. The summed E-state index contributed by atoms with van der Waals surface area (Å²) in [5.41, 5.74) is 9.92. The lowest BCUT2D eigenvalue weighted by atomic mass is 9.97. The Morgan fingerprint density at radius 3 is 1.71 bits per heavy atom. The van der Waals surface area contributed by atoms with Crippen LogP contribution in [-0.4, -0.2) is 0 Å². The van der Waals surface area contributed by atoms with Crippen LogP contribution in [0.4, 0.5) is 17.1 Å². The molecule has 0 unspecified atom stereocenters. The average Bonchev–Trinajstić information content (AvgIpc) is 3.69. The minimum atomic E-state index is 0.909. The fourth-order valence-corrected chi connectivity index (χ4v) is 7.77. The molecule has 0 spiro atoms. The first kappa shape index (κ1) is 25.8. The Kier molecular flexibility index (Phi) is 6.03. The van der Waals surface area contributed by atoms with Gasteiger partial charge in [-0.1, -0.05) is 115 Å². The van der Waals surface area contributed by atoms with Crippen LogP contribution >= 0.6 is 11.3 Å². The zero-order chi connectivity index (χ0) is 29.7. The van der Waals surface area contributed by atoms with Gasteiger partial charge in [-0.2, -0.15) is 0 Å². The minimum absolute atomic E-state index is 0.909. The number of hydrogen-bond donors (Lipinski definition) is 0. The van der Waals surface area contributed by atoms with Gasteiger partial charge in [-0.3, -0.25) is 0 Å². The maximum Gasteiger partial charge on any atom is 0.153 e. The first-order valence-electron chi connectivity index (χ1n) is 15.2. The summed E-state index contributed by atoms with van der Waals surface area (Å²) in [5, 5.41) is 4.70. The Morgan fingerprint density at radius 2 is 1.02 bits per heavy atom. The Labute approximate surface area is 265 Å². The van der Waals surface area contributed by atoms with E-state index in [1.165, 1.54) is 42.4 Å². The predicted octanol–water partition coefficient (Wildman–Crippen LogP) is 12.8. The standard InChI is InChI=1S/C42H27NOS/c1-4-14-28(15-5-1)30-24-31(29-16-6-2-7-17-29)26-33(25-30)43(32-18-8-3-9-19-32)37-27-36-34-20-10-12-22-38(34)44-41(36)42-40(37)35-21-11-13-23-39(35)45-42/h1-27H. The molecule has 0 N–H and O–H groups in total. The molecule has 212 valence electrons. The molecule has 45 heavy (non-hydrogen) atoms. The minimum Gasteiger partial charge on any atom is -0.455 e. The van der Waals surface area contributed by atoms with Crippen molar-refractivity contribution in [2.45, 2.75) is 0 Å². The van der Waals surface area contributed by atoms with Crippen molar-refractivity contribution in [3.63, 3.8) is 0 Å². The molecular formula is C42H27NOS. The van der Waals surface area contributed by atoms with E-state index in [2.05, 4.69) is 163 Å². The smallest absolute Gasteiger partial charge is 0.153 e. The van der Waals surface area contributed by atoms with Gasteiger partial charge in [0.1, 0.15) is 5.58 Å². The van der Waals surface area contributed by atoms with E-state index in [4.69, 9.17) is 4.42 Å². The molecule has 9 rings (SSSR count). The number of anilines is 3. The molecule has 2 nitrogen and oxygen atoms in total. The van der Waals surface area contributed by atoms with Crippen molar-refractivity contribution in [2.75, 3.05) is 4.90 Å². The summed E-state index contributed by atoms with van der Waals surface area (Å²) in [6.45, 7) is 0. The van der Waals surface area contributed by atoms with Gasteiger partial charge < -0.3 is 9.32 Å². The summed E-state index contributed by atoms with van der Waals surface area (Å²) in [6.07, 6.45) is 0. The summed E-state index contributed by atoms with van der Waals surface area (Å²) in [5.74, 6) is 0. The van der Waals surface area contributed by atoms with E-state index in [1.54, 1.807) is 0 Å². The van der Waals surface area contributed by atoms with Crippen molar-refractivity contribution in [1.29, 1.82) is 0 Å². The second-order valence-corrected chi connectivity index (χ2v) is 12.4. The van der Waals surface area contributed by atoms with E-state index in [0.717, 1.165) is 39.0 Å². The highest BCUT2D eigenvalue weighted by Gasteiger charge is 2.24. The van der Waals surface area contributed by atoms with Crippen LogP contribution < -0.4 is 4.90 Å². The molecular weight excluding hydrogens is 567 g/mol. The van der Waals surface area contributed by atoms with Gasteiger partial charge in [-0.15, -0.1) is 11.3 Å². The lowest BCUT2D eigenvalue weighted by Crippen LogP contribution is -2.10. The summed E-state index contributed by atoms with van der Waals surface area (Å²) >= 11 is 1.81. The molecule has 2 aromatic heterocycles. The van der Waals surface area contributed by atoms with E-state index < -0.39 is 0 Å². The molecule has 0 amide bonds. The van der Waals surface area contributed by atoms with Crippen molar-refractivity contribution >= 4 is 70.5 Å². The fourth-order valence-electron chi connectivity index (χ4n) is 6.56. The predicted molar refractivity (Wildman–Crippen MR) is 192 cm³/mol. The van der Waals surface area contributed by atoms with Crippen LogP contribution in [0.1, 0.15) is 0 Å². The SMILES string of the molecule is c1ccc(-c2cc(-c3ccccc3)cc(N(c3ccccc3)c3cc4c5ccccc5oc4c4sc5ccccc5c34)c2)cc1. The van der Waals surface area contributed by atoms with Crippen LogP contribution in [-0.2, 0) is 0 Å². The number of nitrogens with zero attached hydrogens (tertiary/aromatic N) is 1. The molecule has 3 heteroatoms. The lowest BCUT2D eigenvalue weighted by molar-refractivity contribution is 0.673. The summed E-state index contributed by atoms with van der Waals surface area (Å²) in [6, 6.07) is 58.5. The molecule has 0 aliphatic carbocycles. The van der Waals surface area contributed by atoms with Crippen LogP contribution in [0.3, 0.4) is 0 Å². The normalized spacial score (nSPS) is 11.6. The van der Waals surface area contributed by atoms with Gasteiger partial charge in [-0.25, -0.2) is 0 Å². The van der Waals surface area contributed by atoms with Gasteiger partial charge in [-0.05, 0) is 70.8 Å². The zero-order valence-electron chi connectivity index (χ0n) is 24.4. The highest BCUT2D eigenvalue weighted by atomic mass is 32.1. The van der Waals surface area contributed by atoms with Crippen molar-refractivity contribution in [1.82, 2.24) is 0 Å². The topological polar surface area (TPSA) is 16.4 Å². The van der Waals surface area contributed by atoms with E-state index in [0.29, 0.717) is 0 Å². The van der Waals surface area contributed by atoms with E-state index in [9.17, 15) is 0 Å². The molecule has 7 aromatic carbocycles. The Hall–Kier alpha value is -5.64. The number of furan rings is 1. The van der Waals surface area contributed by atoms with Crippen LogP contribution in [0.25, 0.3) is 64.4 Å². The first-order chi connectivity index (χ1) is 22.3. The first-order valence-corrected chi connectivity index (χ1v) is 16.0. The van der Waals surface area contributed by atoms with Crippen molar-refractivity contribution in [3.8, 4) is 22.3 Å². The van der Waals surface area contributed by atoms with Crippen LogP contribution in [0.15, 0.2) is 168 Å². The fraction of sp³-hybridized carbons (Fsp3) is 0. The molecule has 0 saturated heterocycles. The summed E-state index contributed by atoms with van der Waals surface area (Å²) < 4.78 is 9.00. The average molecular weight is 594 g/mol. The van der Waals surface area contributed by atoms with E-state index in [-0.39, 0.29) is 0 Å². The number of thiophene rings is 1. The molecule has 0 bridgehead atoms. The Bertz CT molecular complexity index is 2420. The molecule has 0 fully saturated rings. The van der Waals surface area contributed by atoms with Crippen LogP contribution in [0.5, 0.6) is 0 Å². The maximum atomic E-state index is 6.59. The molecule has 2 heterocycles. The molecule has 0 radical (unpaired) electrons. The number of fused-ring (bicyclic) bond motifs is 7. The molecule has 0 atom stereocenters. The third-order valence-corrected chi connectivity index (χ3v) is 9.79. The number of hydrogen-bond acceptors (Lipinski definition) is 3. The molecule has 0 aliphatic heterocycles. The second kappa shape index (κ2) is 10.5. The summed E-state index contributed by atoms with van der Waals surface area (Å²) in [7, 11) is 0. The Balaban J connectivity index is 1.42. The largest absolute Gasteiger partial charge is 0.455 e. The highest BCUT2D eigenvalue weighted by molar-refractivity contribution is 7.26. The number of rotatable bonds is 5. The van der Waals surface area contributed by atoms with Gasteiger partial charge in [0.05, 0.1) is 10.4 Å². The second-order valence-electron chi connectivity index (χ2n) is 11.3. The van der Waals surface area contributed by atoms with Crippen molar-refractivity contribution in [2.24, 2.45) is 0 Å². The monoisotopic (exact) mass is 593 g/mol. The quantitative estimate of drug-likeness (QED) is 0.197. The Morgan fingerprint density at radius 1 is 0.444 bits per heavy atom. The highest BCUT2D eigenvalue weighted by Crippen LogP contribution is 2.50. The molecule has 0 aliphatic rings. The number of benzene rings is 7. The lowest BCUT2D eigenvalue weighted by Gasteiger charge is -2.28. The maximum absolute atomic E-state index is 6.59. The zero-order valence-corrected chi connectivity index (χ0v) is 25.2. The van der Waals surface area contributed by atoms with Gasteiger partial charge in [0.2, 0.25) is 0 Å². The van der Waals surface area contributed by atoms with Crippen LogP contribution in [0, 0.1) is 0 Å². The van der Waals surface area contributed by atoms with Crippen LogP contribution in [0.2, 0.25) is 0 Å². The third kappa shape index (κ3) is 4.32. The van der Waals surface area contributed by atoms with Gasteiger partial charge >= 0.3 is 0 Å². The third-order valence-electron chi connectivity index (χ3n) is 8.62. The summed E-state index contributed by atoms with van der Waals surface area (Å²) in [4.78, 5) is 2.43. The molecule has 9 aromatic rings. The van der Waals surface area contributed by atoms with Gasteiger partial charge in [0, 0.05) is 37.6 Å². The van der Waals surface area contributed by atoms with E-state index in [1.807, 2.05) is 17.4 Å². The van der Waals surface area contributed by atoms with Crippen molar-refractivity contribution < 1.29 is 4.42 Å². The molecule has 0 saturated carbocycles. The van der Waals surface area contributed by atoms with Crippen molar-refractivity contribution in [3.05, 3.63) is 164 Å². The van der Waals surface area contributed by atoms with Gasteiger partial charge in [0.15, 0.2) is 5.58 Å². The van der Waals surface area contributed by atoms with E-state index >= 15 is 0 Å². The van der Waals surface area contributed by atoms with Gasteiger partial charge in [0.25, 0.3) is 0 Å².